The fourth-order valence-electron chi connectivity index (χ4n) is 1.93. The summed E-state index contributed by atoms with van der Waals surface area (Å²) in [6.07, 6.45) is 0.456. The number of alkyl halides is 3. The monoisotopic (exact) mass is 302 g/mol. The van der Waals surface area contributed by atoms with Crippen LogP contribution in [0.25, 0.3) is 0 Å². The third kappa shape index (κ3) is 5.65. The molecule has 0 atom stereocenters. The van der Waals surface area contributed by atoms with Gasteiger partial charge in [-0.05, 0) is 24.6 Å². The van der Waals surface area contributed by atoms with Gasteiger partial charge in [0.05, 0.1) is 12.2 Å². The second-order valence-electron chi connectivity index (χ2n) is 4.89. The molecule has 0 aliphatic carbocycles. The molecule has 0 aromatic heterocycles. The molecule has 0 unspecified atom stereocenters. The van der Waals surface area contributed by atoms with Gasteiger partial charge in [-0.2, -0.15) is 13.2 Å². The number of nitrogen functional groups attached to an aromatic ring is 1. The molecule has 0 saturated carbocycles. The van der Waals surface area contributed by atoms with Gasteiger partial charge in [-0.25, -0.2) is 0 Å². The van der Waals surface area contributed by atoms with E-state index in [1.807, 2.05) is 0 Å². The van der Waals surface area contributed by atoms with Crippen LogP contribution < -0.4 is 10.5 Å². The van der Waals surface area contributed by atoms with E-state index in [1.54, 1.807) is 0 Å². The van der Waals surface area contributed by atoms with Gasteiger partial charge >= 0.3 is 6.18 Å². The van der Waals surface area contributed by atoms with E-state index in [4.69, 9.17) is 15.9 Å². The molecule has 3 nitrogen and oxygen atoms in total. The first kappa shape index (κ1) is 17.3. The third-order valence-electron chi connectivity index (χ3n) is 3.10. The zero-order valence-electron chi connectivity index (χ0n) is 12.1. The summed E-state index contributed by atoms with van der Waals surface area (Å²) in [5.74, 6) is -0.602. The summed E-state index contributed by atoms with van der Waals surface area (Å²) >= 11 is 0. The molecule has 3 N–H and O–H groups in total. The Balaban J connectivity index is 2.70. The van der Waals surface area contributed by atoms with Gasteiger partial charge in [-0.3, -0.25) is 5.41 Å². The lowest BCUT2D eigenvalue weighted by Gasteiger charge is -2.15. The Labute approximate surface area is 122 Å². The predicted octanol–water partition coefficient (Wildman–Crippen LogP) is 4.34. The summed E-state index contributed by atoms with van der Waals surface area (Å²) in [5, 5.41) is 7.21. The zero-order chi connectivity index (χ0) is 15.9. The first-order chi connectivity index (χ1) is 9.86. The molecule has 6 heteroatoms. The maximum absolute atomic E-state index is 13.0. The summed E-state index contributed by atoms with van der Waals surface area (Å²) < 4.78 is 44.2. The maximum atomic E-state index is 13.0. The Hall–Kier alpha value is -1.72. The zero-order valence-corrected chi connectivity index (χ0v) is 12.1. The number of benzene rings is 1. The molecule has 0 bridgehead atoms. The lowest BCUT2D eigenvalue weighted by atomic mass is 10.1. The van der Waals surface area contributed by atoms with Crippen molar-refractivity contribution in [2.75, 3.05) is 6.61 Å². The average molecular weight is 302 g/mol. The molecule has 0 heterocycles. The molecule has 1 rings (SSSR count). The smallest absolute Gasteiger partial charge is 0.419 e. The topological polar surface area (TPSA) is 59.1 Å². The van der Waals surface area contributed by atoms with Crippen LogP contribution in [0, 0.1) is 5.41 Å². The summed E-state index contributed by atoms with van der Waals surface area (Å²) in [7, 11) is 0. The third-order valence-corrected chi connectivity index (χ3v) is 3.10. The van der Waals surface area contributed by atoms with E-state index in [1.165, 1.54) is 12.1 Å². The number of ether oxygens (including phenoxy) is 1. The van der Waals surface area contributed by atoms with Crippen molar-refractivity contribution in [3.63, 3.8) is 0 Å². The Kier molecular flexibility index (Phi) is 6.52. The van der Waals surface area contributed by atoms with Crippen molar-refractivity contribution in [3.8, 4) is 5.75 Å². The van der Waals surface area contributed by atoms with E-state index in [9.17, 15) is 13.2 Å². The number of nitrogens with two attached hydrogens (primary N) is 1. The molecule has 21 heavy (non-hydrogen) atoms. The summed E-state index contributed by atoms with van der Waals surface area (Å²) in [4.78, 5) is 0. The number of halogens is 3. The van der Waals surface area contributed by atoms with Crippen LogP contribution in [-0.2, 0) is 6.18 Å². The number of rotatable bonds is 8. The molecule has 0 radical (unpaired) electrons. The predicted molar refractivity (Wildman–Crippen MR) is 76.7 cm³/mol. The van der Waals surface area contributed by atoms with Crippen LogP contribution in [0.15, 0.2) is 18.2 Å². The molecular weight excluding hydrogens is 281 g/mol. The molecule has 0 saturated heterocycles. The number of unbranched alkanes of at least 4 members (excludes halogenated alkanes) is 4. The second kappa shape index (κ2) is 7.90. The van der Waals surface area contributed by atoms with Gasteiger partial charge < -0.3 is 10.5 Å². The summed E-state index contributed by atoms with van der Waals surface area (Å²) in [6, 6.07) is 3.45. The van der Waals surface area contributed by atoms with Crippen LogP contribution in [0.4, 0.5) is 13.2 Å². The van der Waals surface area contributed by atoms with E-state index in [-0.39, 0.29) is 17.9 Å². The van der Waals surface area contributed by atoms with Crippen molar-refractivity contribution in [2.24, 2.45) is 5.73 Å². The van der Waals surface area contributed by atoms with Gasteiger partial charge in [-0.1, -0.05) is 32.6 Å². The lowest BCUT2D eigenvalue weighted by molar-refractivity contribution is -0.139. The highest BCUT2D eigenvalue weighted by atomic mass is 19.4. The molecule has 118 valence electrons. The van der Waals surface area contributed by atoms with Gasteiger partial charge in [0, 0.05) is 5.56 Å². The number of nitrogens with one attached hydrogen (secondary N) is 1. The average Bonchev–Trinajstić information content (AvgIpc) is 2.41. The lowest BCUT2D eigenvalue weighted by Crippen LogP contribution is -2.15. The van der Waals surface area contributed by atoms with E-state index in [2.05, 4.69) is 6.92 Å². The number of hydrogen-bond acceptors (Lipinski definition) is 2. The van der Waals surface area contributed by atoms with Crippen molar-refractivity contribution in [3.05, 3.63) is 29.3 Å². The summed E-state index contributed by atoms with van der Waals surface area (Å²) in [5.41, 5.74) is 4.37. The highest BCUT2D eigenvalue weighted by Crippen LogP contribution is 2.36. The van der Waals surface area contributed by atoms with Crippen molar-refractivity contribution in [1.82, 2.24) is 0 Å². The first-order valence-corrected chi connectivity index (χ1v) is 7.04. The Morgan fingerprint density at radius 3 is 2.43 bits per heavy atom. The molecule has 0 aliphatic rings. The highest BCUT2D eigenvalue weighted by molar-refractivity contribution is 5.95. The van der Waals surface area contributed by atoms with Crippen LogP contribution >= 0.6 is 0 Å². The van der Waals surface area contributed by atoms with Gasteiger partial charge in [0.1, 0.15) is 11.6 Å². The van der Waals surface area contributed by atoms with Crippen LogP contribution in [0.5, 0.6) is 5.75 Å². The van der Waals surface area contributed by atoms with Crippen LogP contribution in [0.2, 0.25) is 0 Å². The quantitative estimate of drug-likeness (QED) is 0.426. The fraction of sp³-hybridized carbons (Fsp3) is 0.533. The number of hydrogen-bond donors (Lipinski definition) is 2. The summed E-state index contributed by atoms with van der Waals surface area (Å²) in [6.45, 7) is 2.36. The minimum absolute atomic E-state index is 0.0395. The standard InChI is InChI=1S/C15H21F3N2O/c1-2-3-4-5-6-9-21-13-8-7-11(14(19)20)10-12(13)15(16,17)18/h7-8,10H,2-6,9H2,1H3,(H3,19,20). The van der Waals surface area contributed by atoms with Crippen LogP contribution in [0.1, 0.15) is 50.2 Å². The molecule has 0 aliphatic heterocycles. The minimum Gasteiger partial charge on any atom is -0.493 e. The molecule has 0 amide bonds. The van der Waals surface area contributed by atoms with Gasteiger partial charge in [0.15, 0.2) is 0 Å². The van der Waals surface area contributed by atoms with Crippen LogP contribution in [0.3, 0.4) is 0 Å². The van der Waals surface area contributed by atoms with E-state index >= 15 is 0 Å². The van der Waals surface area contributed by atoms with Gasteiger partial charge in [0.25, 0.3) is 0 Å². The van der Waals surface area contributed by atoms with E-state index in [0.29, 0.717) is 0 Å². The van der Waals surface area contributed by atoms with Gasteiger partial charge in [0.2, 0.25) is 0 Å². The molecule has 1 aromatic carbocycles. The van der Waals surface area contributed by atoms with Crippen LogP contribution in [-0.4, -0.2) is 12.4 Å². The highest BCUT2D eigenvalue weighted by Gasteiger charge is 2.34. The van der Waals surface area contributed by atoms with Crippen molar-refractivity contribution < 1.29 is 17.9 Å². The molecule has 1 aromatic rings. The minimum atomic E-state index is -4.52. The largest absolute Gasteiger partial charge is 0.493 e. The molecule has 0 spiro atoms. The SMILES string of the molecule is CCCCCCCOc1ccc(C(=N)N)cc1C(F)(F)F. The van der Waals surface area contributed by atoms with Crippen molar-refractivity contribution in [1.29, 1.82) is 5.41 Å². The van der Waals surface area contributed by atoms with E-state index < -0.39 is 17.6 Å². The van der Waals surface area contributed by atoms with Crippen molar-refractivity contribution in [2.45, 2.75) is 45.2 Å². The Bertz CT molecular complexity index is 472. The normalized spacial score (nSPS) is 11.4. The van der Waals surface area contributed by atoms with E-state index in [0.717, 1.165) is 38.2 Å². The second-order valence-corrected chi connectivity index (χ2v) is 4.89. The maximum Gasteiger partial charge on any atom is 0.419 e. The number of amidine groups is 1. The molecule has 0 fully saturated rings. The first-order valence-electron chi connectivity index (χ1n) is 7.04. The Morgan fingerprint density at radius 2 is 1.86 bits per heavy atom. The fourth-order valence-corrected chi connectivity index (χ4v) is 1.93. The Morgan fingerprint density at radius 1 is 1.19 bits per heavy atom. The van der Waals surface area contributed by atoms with Crippen molar-refractivity contribution >= 4 is 5.84 Å². The molecular formula is C15H21F3N2O. The van der Waals surface area contributed by atoms with Gasteiger partial charge in [-0.15, -0.1) is 0 Å².